The predicted octanol–water partition coefficient (Wildman–Crippen LogP) is 2.73. The van der Waals surface area contributed by atoms with E-state index in [4.69, 9.17) is 4.74 Å². The van der Waals surface area contributed by atoms with Gasteiger partial charge in [0.25, 0.3) is 0 Å². The van der Waals surface area contributed by atoms with Gasteiger partial charge in [0.1, 0.15) is 16.9 Å². The molecule has 0 saturated heterocycles. The van der Waals surface area contributed by atoms with Gasteiger partial charge in [-0.1, -0.05) is 6.07 Å². The van der Waals surface area contributed by atoms with Crippen molar-refractivity contribution in [3.05, 3.63) is 33.9 Å². The Hall–Kier alpha value is -2.64. The molecule has 114 valence electrons. The van der Waals surface area contributed by atoms with Crippen LogP contribution in [0.25, 0.3) is 0 Å². The van der Waals surface area contributed by atoms with Crippen molar-refractivity contribution in [2.75, 3.05) is 12.4 Å². The van der Waals surface area contributed by atoms with E-state index in [1.54, 1.807) is 20.8 Å². The van der Waals surface area contributed by atoms with Crippen LogP contribution in [0.5, 0.6) is 0 Å². The van der Waals surface area contributed by atoms with Gasteiger partial charge in [0.2, 0.25) is 0 Å². The molecule has 1 aromatic rings. The molecule has 0 heterocycles. The Kier molecular flexibility index (Phi) is 4.85. The van der Waals surface area contributed by atoms with E-state index in [-0.39, 0.29) is 11.3 Å². The van der Waals surface area contributed by atoms with E-state index < -0.39 is 28.3 Å². The van der Waals surface area contributed by atoms with Crippen molar-refractivity contribution in [3.8, 4) is 0 Å². The summed E-state index contributed by atoms with van der Waals surface area (Å²) in [4.78, 5) is 33.6. The van der Waals surface area contributed by atoms with Crippen molar-refractivity contribution in [2.24, 2.45) is 0 Å². The third-order valence-corrected chi connectivity index (χ3v) is 2.26. The maximum absolute atomic E-state index is 11.7. The molecule has 21 heavy (non-hydrogen) atoms. The Morgan fingerprint density at radius 3 is 2.38 bits per heavy atom. The molecule has 0 aliphatic carbocycles. The van der Waals surface area contributed by atoms with Gasteiger partial charge in [-0.05, 0) is 32.9 Å². The molecule has 1 amide bonds. The number of esters is 1. The lowest BCUT2D eigenvalue weighted by Gasteiger charge is -2.19. The number of methoxy groups -OCH3 is 1. The predicted molar refractivity (Wildman–Crippen MR) is 74.3 cm³/mol. The first-order valence-corrected chi connectivity index (χ1v) is 6.01. The molecule has 0 spiro atoms. The second-order valence-corrected chi connectivity index (χ2v) is 5.08. The maximum atomic E-state index is 11.7. The van der Waals surface area contributed by atoms with Gasteiger partial charge in [-0.3, -0.25) is 15.4 Å². The van der Waals surface area contributed by atoms with Gasteiger partial charge in [0, 0.05) is 0 Å². The summed E-state index contributed by atoms with van der Waals surface area (Å²) in [6.45, 7) is 4.98. The number of amides is 1. The number of carbonyl (C=O) groups excluding carboxylic acids is 2. The number of anilines is 1. The third kappa shape index (κ3) is 4.44. The molecular weight excluding hydrogens is 280 g/mol. The van der Waals surface area contributed by atoms with Crippen molar-refractivity contribution in [1.82, 2.24) is 0 Å². The Morgan fingerprint density at radius 2 is 1.90 bits per heavy atom. The smallest absolute Gasteiger partial charge is 0.412 e. The van der Waals surface area contributed by atoms with Crippen molar-refractivity contribution in [1.29, 1.82) is 0 Å². The van der Waals surface area contributed by atoms with Crippen molar-refractivity contribution in [3.63, 3.8) is 0 Å². The van der Waals surface area contributed by atoms with E-state index in [1.165, 1.54) is 18.2 Å². The topological polar surface area (TPSA) is 108 Å². The number of hydrogen-bond acceptors (Lipinski definition) is 6. The SMILES string of the molecule is COC(=O)c1cccc(NC(=O)OC(C)(C)C)c1[N+](=O)[O-]. The van der Waals surface area contributed by atoms with E-state index in [9.17, 15) is 19.7 Å². The van der Waals surface area contributed by atoms with Crippen LogP contribution >= 0.6 is 0 Å². The lowest BCUT2D eigenvalue weighted by molar-refractivity contribution is -0.384. The van der Waals surface area contributed by atoms with Gasteiger partial charge in [0.15, 0.2) is 0 Å². The molecule has 0 unspecified atom stereocenters. The summed E-state index contributed by atoms with van der Waals surface area (Å²) in [5, 5.41) is 13.4. The van der Waals surface area contributed by atoms with Gasteiger partial charge >= 0.3 is 17.7 Å². The second-order valence-electron chi connectivity index (χ2n) is 5.08. The minimum atomic E-state index is -0.866. The molecule has 0 aliphatic rings. The molecule has 0 aliphatic heterocycles. The van der Waals surface area contributed by atoms with Gasteiger partial charge in [-0.25, -0.2) is 9.59 Å². The van der Waals surface area contributed by atoms with Crippen LogP contribution in [0.3, 0.4) is 0 Å². The largest absolute Gasteiger partial charge is 0.465 e. The molecule has 0 fully saturated rings. The van der Waals surface area contributed by atoms with Crippen molar-refractivity contribution >= 4 is 23.4 Å². The van der Waals surface area contributed by atoms with Gasteiger partial charge in [-0.2, -0.15) is 0 Å². The Balaban J connectivity index is 3.16. The van der Waals surface area contributed by atoms with Crippen LogP contribution in [0.2, 0.25) is 0 Å². The number of nitro benzene ring substituents is 1. The third-order valence-electron chi connectivity index (χ3n) is 2.26. The first kappa shape index (κ1) is 16.4. The summed E-state index contributed by atoms with van der Waals surface area (Å²) in [5.74, 6) is -0.866. The molecule has 1 rings (SSSR count). The normalized spacial score (nSPS) is 10.7. The number of carbonyl (C=O) groups is 2. The average Bonchev–Trinajstić information content (AvgIpc) is 2.34. The molecule has 0 radical (unpaired) electrons. The highest BCUT2D eigenvalue weighted by molar-refractivity contribution is 5.99. The fourth-order valence-electron chi connectivity index (χ4n) is 1.53. The summed E-state index contributed by atoms with van der Waals surface area (Å²) in [6, 6.07) is 3.94. The highest BCUT2D eigenvalue weighted by atomic mass is 16.6. The Bertz CT molecular complexity index is 577. The number of hydrogen-bond donors (Lipinski definition) is 1. The minimum absolute atomic E-state index is 0.142. The van der Waals surface area contributed by atoms with E-state index in [1.807, 2.05) is 0 Å². The molecular formula is C13H16N2O6. The summed E-state index contributed by atoms with van der Waals surface area (Å²) in [7, 11) is 1.11. The quantitative estimate of drug-likeness (QED) is 0.522. The van der Waals surface area contributed by atoms with Gasteiger partial charge in [-0.15, -0.1) is 0 Å². The van der Waals surface area contributed by atoms with Gasteiger partial charge in [0.05, 0.1) is 12.0 Å². The Morgan fingerprint density at radius 1 is 1.29 bits per heavy atom. The zero-order chi connectivity index (χ0) is 16.2. The number of nitrogens with one attached hydrogen (secondary N) is 1. The van der Waals surface area contributed by atoms with Crippen LogP contribution in [0.15, 0.2) is 18.2 Å². The van der Waals surface area contributed by atoms with Crippen LogP contribution in [-0.4, -0.2) is 29.7 Å². The van der Waals surface area contributed by atoms with Gasteiger partial charge < -0.3 is 9.47 Å². The Labute approximate surface area is 121 Å². The van der Waals surface area contributed by atoms with Crippen LogP contribution in [0.1, 0.15) is 31.1 Å². The number of nitrogens with zero attached hydrogens (tertiary/aromatic N) is 1. The lowest BCUT2D eigenvalue weighted by Crippen LogP contribution is -2.27. The first-order chi connectivity index (χ1) is 9.65. The number of para-hydroxylation sites is 1. The summed E-state index contributed by atoms with van der Waals surface area (Å²) >= 11 is 0. The number of rotatable bonds is 3. The summed E-state index contributed by atoms with van der Waals surface area (Å²) in [5.41, 5.74) is -1.69. The highest BCUT2D eigenvalue weighted by Crippen LogP contribution is 2.29. The minimum Gasteiger partial charge on any atom is -0.465 e. The monoisotopic (exact) mass is 296 g/mol. The summed E-state index contributed by atoms with van der Waals surface area (Å²) in [6.07, 6.45) is -0.854. The first-order valence-electron chi connectivity index (χ1n) is 6.01. The molecule has 0 atom stereocenters. The van der Waals surface area contributed by atoms with Crippen molar-refractivity contribution < 1.29 is 24.0 Å². The van der Waals surface area contributed by atoms with E-state index in [0.717, 1.165) is 7.11 Å². The van der Waals surface area contributed by atoms with Crippen LogP contribution in [0, 0.1) is 10.1 Å². The molecule has 0 bridgehead atoms. The second kappa shape index (κ2) is 6.21. The summed E-state index contributed by atoms with van der Waals surface area (Å²) < 4.78 is 9.49. The number of ether oxygens (including phenoxy) is 2. The number of nitro groups is 1. The average molecular weight is 296 g/mol. The zero-order valence-corrected chi connectivity index (χ0v) is 12.1. The zero-order valence-electron chi connectivity index (χ0n) is 12.1. The molecule has 0 saturated carbocycles. The fourth-order valence-corrected chi connectivity index (χ4v) is 1.53. The fraction of sp³-hybridized carbons (Fsp3) is 0.385. The van der Waals surface area contributed by atoms with E-state index >= 15 is 0 Å². The molecule has 0 aromatic heterocycles. The van der Waals surface area contributed by atoms with Crippen LogP contribution in [-0.2, 0) is 9.47 Å². The molecule has 8 heteroatoms. The molecule has 8 nitrogen and oxygen atoms in total. The van der Waals surface area contributed by atoms with E-state index in [2.05, 4.69) is 10.1 Å². The van der Waals surface area contributed by atoms with Crippen LogP contribution in [0.4, 0.5) is 16.2 Å². The maximum Gasteiger partial charge on any atom is 0.412 e. The standard InChI is InChI=1S/C13H16N2O6/c1-13(2,3)21-12(17)14-9-7-5-6-8(11(16)20-4)10(9)15(18)19/h5-7H,1-4H3,(H,14,17). The lowest BCUT2D eigenvalue weighted by atomic mass is 10.1. The molecule has 1 aromatic carbocycles. The number of benzene rings is 1. The molecule has 1 N–H and O–H groups in total. The van der Waals surface area contributed by atoms with Crippen LogP contribution < -0.4 is 5.32 Å². The van der Waals surface area contributed by atoms with Crippen molar-refractivity contribution in [2.45, 2.75) is 26.4 Å². The van der Waals surface area contributed by atoms with E-state index in [0.29, 0.717) is 0 Å². The highest BCUT2D eigenvalue weighted by Gasteiger charge is 2.27.